The first-order chi connectivity index (χ1) is 7.19. The monoisotopic (exact) mass is 286 g/mol. The molecule has 0 unspecified atom stereocenters. The van der Waals surface area contributed by atoms with Gasteiger partial charge in [0, 0.05) is 21.6 Å². The summed E-state index contributed by atoms with van der Waals surface area (Å²) in [5.74, 6) is 0.527. The van der Waals surface area contributed by atoms with Gasteiger partial charge >= 0.3 is 0 Å². The molecule has 0 radical (unpaired) electrons. The third kappa shape index (κ3) is 2.40. The van der Waals surface area contributed by atoms with E-state index in [4.69, 9.17) is 21.8 Å². The summed E-state index contributed by atoms with van der Waals surface area (Å²) in [6.07, 6.45) is 1.55. The SMILES string of the molecule is NCc1coc(-c2cc(Cl)cc(Br)c2)n1. The first-order valence-electron chi connectivity index (χ1n) is 4.30. The topological polar surface area (TPSA) is 52.0 Å². The van der Waals surface area contributed by atoms with Crippen molar-refractivity contribution in [2.24, 2.45) is 5.73 Å². The molecular weight excluding hydrogens is 279 g/mol. The second-order valence-corrected chi connectivity index (χ2v) is 4.36. The van der Waals surface area contributed by atoms with Gasteiger partial charge in [-0.15, -0.1) is 0 Å². The number of hydrogen-bond donors (Lipinski definition) is 1. The second kappa shape index (κ2) is 4.35. The summed E-state index contributed by atoms with van der Waals surface area (Å²) in [6, 6.07) is 5.48. The Kier molecular flexibility index (Phi) is 3.09. The van der Waals surface area contributed by atoms with E-state index in [1.54, 1.807) is 18.4 Å². The molecule has 15 heavy (non-hydrogen) atoms. The van der Waals surface area contributed by atoms with Gasteiger partial charge in [0.2, 0.25) is 5.89 Å². The highest BCUT2D eigenvalue weighted by atomic mass is 79.9. The lowest BCUT2D eigenvalue weighted by Crippen LogP contribution is -1.95. The number of rotatable bonds is 2. The van der Waals surface area contributed by atoms with Crippen LogP contribution in [0.2, 0.25) is 5.02 Å². The van der Waals surface area contributed by atoms with Crippen LogP contribution < -0.4 is 5.73 Å². The molecule has 0 aliphatic carbocycles. The Bertz CT molecular complexity index is 464. The molecule has 0 bridgehead atoms. The molecule has 2 rings (SSSR count). The van der Waals surface area contributed by atoms with Crippen molar-refractivity contribution in [3.8, 4) is 11.5 Å². The standard InChI is InChI=1S/C10H8BrClN2O/c11-7-1-6(2-8(12)3-7)10-14-9(4-13)5-15-10/h1-3,5H,4,13H2. The molecule has 0 fully saturated rings. The largest absolute Gasteiger partial charge is 0.444 e. The molecule has 0 aliphatic rings. The van der Waals surface area contributed by atoms with Crippen molar-refractivity contribution in [3.63, 3.8) is 0 Å². The summed E-state index contributed by atoms with van der Waals surface area (Å²) in [6.45, 7) is 0.366. The van der Waals surface area contributed by atoms with Crippen molar-refractivity contribution < 1.29 is 4.42 Å². The minimum atomic E-state index is 0.366. The fourth-order valence-electron chi connectivity index (χ4n) is 1.21. The zero-order valence-corrected chi connectivity index (χ0v) is 10.0. The van der Waals surface area contributed by atoms with E-state index in [0.29, 0.717) is 17.5 Å². The Hall–Kier alpha value is -0.840. The van der Waals surface area contributed by atoms with E-state index in [-0.39, 0.29) is 0 Å². The Morgan fingerprint density at radius 3 is 2.80 bits per heavy atom. The van der Waals surface area contributed by atoms with Gasteiger partial charge in [-0.25, -0.2) is 4.98 Å². The van der Waals surface area contributed by atoms with E-state index in [9.17, 15) is 0 Å². The zero-order chi connectivity index (χ0) is 10.8. The quantitative estimate of drug-likeness (QED) is 0.922. The Labute approximate surface area is 100 Å². The van der Waals surface area contributed by atoms with Gasteiger partial charge in [0.25, 0.3) is 0 Å². The number of oxazole rings is 1. The summed E-state index contributed by atoms with van der Waals surface area (Å²) in [5.41, 5.74) is 6.99. The molecule has 1 aromatic heterocycles. The maximum Gasteiger partial charge on any atom is 0.226 e. The lowest BCUT2D eigenvalue weighted by atomic mass is 10.2. The van der Waals surface area contributed by atoms with Crippen LogP contribution in [0.25, 0.3) is 11.5 Å². The van der Waals surface area contributed by atoms with Gasteiger partial charge in [-0.3, -0.25) is 0 Å². The van der Waals surface area contributed by atoms with Crippen LogP contribution in [0.15, 0.2) is 33.4 Å². The van der Waals surface area contributed by atoms with Gasteiger partial charge in [0.15, 0.2) is 0 Å². The van der Waals surface area contributed by atoms with E-state index < -0.39 is 0 Å². The molecular formula is C10H8BrClN2O. The number of nitrogens with zero attached hydrogens (tertiary/aromatic N) is 1. The average Bonchev–Trinajstić information content (AvgIpc) is 2.64. The fraction of sp³-hybridized carbons (Fsp3) is 0.100. The second-order valence-electron chi connectivity index (χ2n) is 3.01. The molecule has 0 amide bonds. The summed E-state index contributed by atoms with van der Waals surface area (Å²) >= 11 is 9.27. The first-order valence-corrected chi connectivity index (χ1v) is 5.47. The maximum atomic E-state index is 5.92. The summed E-state index contributed by atoms with van der Waals surface area (Å²) in [7, 11) is 0. The van der Waals surface area contributed by atoms with Gasteiger partial charge in [-0.05, 0) is 18.2 Å². The van der Waals surface area contributed by atoms with Gasteiger partial charge in [0.1, 0.15) is 6.26 Å². The normalized spacial score (nSPS) is 10.6. The zero-order valence-electron chi connectivity index (χ0n) is 7.71. The molecule has 0 saturated heterocycles. The van der Waals surface area contributed by atoms with Crippen molar-refractivity contribution in [1.29, 1.82) is 0 Å². The lowest BCUT2D eigenvalue weighted by molar-refractivity contribution is 0.572. The Balaban J connectivity index is 2.44. The van der Waals surface area contributed by atoms with Crippen molar-refractivity contribution in [2.75, 3.05) is 0 Å². The van der Waals surface area contributed by atoms with Crippen LogP contribution in [0.4, 0.5) is 0 Å². The minimum absolute atomic E-state index is 0.366. The molecule has 3 nitrogen and oxygen atoms in total. The molecule has 0 aliphatic heterocycles. The maximum absolute atomic E-state index is 5.92. The molecule has 5 heteroatoms. The highest BCUT2D eigenvalue weighted by Crippen LogP contribution is 2.26. The molecule has 78 valence electrons. The van der Waals surface area contributed by atoms with Crippen LogP contribution in [-0.4, -0.2) is 4.98 Å². The highest BCUT2D eigenvalue weighted by Gasteiger charge is 2.07. The van der Waals surface area contributed by atoms with Crippen molar-refractivity contribution >= 4 is 27.5 Å². The number of halogens is 2. The summed E-state index contributed by atoms with van der Waals surface area (Å²) in [4.78, 5) is 4.21. The average molecular weight is 288 g/mol. The summed E-state index contributed by atoms with van der Waals surface area (Å²) < 4.78 is 6.17. The van der Waals surface area contributed by atoms with Gasteiger partial charge < -0.3 is 10.2 Å². The van der Waals surface area contributed by atoms with Crippen LogP contribution in [0.1, 0.15) is 5.69 Å². The molecule has 1 heterocycles. The molecule has 2 aromatic rings. The van der Waals surface area contributed by atoms with Gasteiger partial charge in [0.05, 0.1) is 5.69 Å². The third-order valence-electron chi connectivity index (χ3n) is 1.87. The van der Waals surface area contributed by atoms with Gasteiger partial charge in [-0.1, -0.05) is 27.5 Å². The lowest BCUT2D eigenvalue weighted by Gasteiger charge is -1.98. The molecule has 0 spiro atoms. The third-order valence-corrected chi connectivity index (χ3v) is 2.55. The van der Waals surface area contributed by atoms with E-state index in [2.05, 4.69) is 20.9 Å². The molecule has 0 saturated carbocycles. The number of aromatic nitrogens is 1. The van der Waals surface area contributed by atoms with E-state index in [1.807, 2.05) is 6.07 Å². The minimum Gasteiger partial charge on any atom is -0.444 e. The van der Waals surface area contributed by atoms with Crippen LogP contribution in [0, 0.1) is 0 Å². The molecule has 1 aromatic carbocycles. The highest BCUT2D eigenvalue weighted by molar-refractivity contribution is 9.10. The van der Waals surface area contributed by atoms with E-state index >= 15 is 0 Å². The van der Waals surface area contributed by atoms with Crippen LogP contribution >= 0.6 is 27.5 Å². The fourth-order valence-corrected chi connectivity index (χ4v) is 2.07. The Morgan fingerprint density at radius 2 is 2.20 bits per heavy atom. The molecule has 2 N–H and O–H groups in total. The predicted molar refractivity (Wildman–Crippen MR) is 62.5 cm³/mol. The van der Waals surface area contributed by atoms with Crippen LogP contribution in [0.5, 0.6) is 0 Å². The van der Waals surface area contributed by atoms with Crippen molar-refractivity contribution in [2.45, 2.75) is 6.54 Å². The number of hydrogen-bond acceptors (Lipinski definition) is 3. The Morgan fingerprint density at radius 1 is 1.40 bits per heavy atom. The van der Waals surface area contributed by atoms with E-state index in [0.717, 1.165) is 15.7 Å². The predicted octanol–water partition coefficient (Wildman–Crippen LogP) is 3.22. The number of benzene rings is 1. The van der Waals surface area contributed by atoms with Crippen LogP contribution in [-0.2, 0) is 6.54 Å². The first kappa shape index (κ1) is 10.7. The summed E-state index contributed by atoms with van der Waals surface area (Å²) in [5, 5.41) is 0.631. The van der Waals surface area contributed by atoms with Crippen molar-refractivity contribution in [1.82, 2.24) is 4.98 Å². The molecule has 0 atom stereocenters. The van der Waals surface area contributed by atoms with Crippen LogP contribution in [0.3, 0.4) is 0 Å². The smallest absolute Gasteiger partial charge is 0.226 e. The van der Waals surface area contributed by atoms with Gasteiger partial charge in [-0.2, -0.15) is 0 Å². The van der Waals surface area contributed by atoms with E-state index in [1.165, 1.54) is 0 Å². The number of nitrogens with two attached hydrogens (primary N) is 1. The van der Waals surface area contributed by atoms with Crippen molar-refractivity contribution in [3.05, 3.63) is 39.7 Å².